The van der Waals surface area contributed by atoms with Crippen LogP contribution in [0.3, 0.4) is 0 Å². The van der Waals surface area contributed by atoms with E-state index in [4.69, 9.17) is 4.42 Å². The van der Waals surface area contributed by atoms with E-state index >= 15 is 0 Å². The maximum atomic E-state index is 13.1. The van der Waals surface area contributed by atoms with E-state index in [-0.39, 0.29) is 12.4 Å². The van der Waals surface area contributed by atoms with Crippen LogP contribution in [0.4, 0.5) is 4.39 Å². The fraction of sp³-hybridized carbons (Fsp3) is 0.105. The fourth-order valence-electron chi connectivity index (χ4n) is 2.88. The first-order valence-electron chi connectivity index (χ1n) is 7.65. The van der Waals surface area contributed by atoms with Gasteiger partial charge in [-0.3, -0.25) is 5.10 Å². The zero-order chi connectivity index (χ0) is 16.5. The molecule has 4 nitrogen and oxygen atoms in total. The highest BCUT2D eigenvalue weighted by Crippen LogP contribution is 2.31. The molecule has 0 aliphatic rings. The second kappa shape index (κ2) is 5.94. The first kappa shape index (κ1) is 14.7. The average Bonchev–Trinajstić information content (AvgIpc) is 3.23. The summed E-state index contributed by atoms with van der Waals surface area (Å²) >= 11 is 0. The molecule has 0 unspecified atom stereocenters. The Morgan fingerprint density at radius 3 is 2.62 bits per heavy atom. The molecule has 0 spiro atoms. The normalized spacial score (nSPS) is 11.2. The van der Waals surface area contributed by atoms with E-state index in [2.05, 4.69) is 10.2 Å². The summed E-state index contributed by atoms with van der Waals surface area (Å²) < 4.78 is 18.7. The van der Waals surface area contributed by atoms with Gasteiger partial charge in [0.2, 0.25) is 0 Å². The van der Waals surface area contributed by atoms with E-state index in [1.54, 1.807) is 24.3 Å². The van der Waals surface area contributed by atoms with Gasteiger partial charge in [0.25, 0.3) is 0 Å². The van der Waals surface area contributed by atoms with Crippen molar-refractivity contribution in [2.45, 2.75) is 13.0 Å². The number of aliphatic hydroxyl groups excluding tert-OH is 1. The zero-order valence-corrected chi connectivity index (χ0v) is 12.8. The third kappa shape index (κ3) is 2.59. The summed E-state index contributed by atoms with van der Waals surface area (Å²) in [6.07, 6.45) is 0.664. The number of furan rings is 1. The van der Waals surface area contributed by atoms with Crippen LogP contribution in [-0.4, -0.2) is 15.3 Å². The summed E-state index contributed by atoms with van der Waals surface area (Å²) in [4.78, 5) is 0. The van der Waals surface area contributed by atoms with Crippen LogP contribution in [0.15, 0.2) is 59.0 Å². The van der Waals surface area contributed by atoms with Gasteiger partial charge in [-0.2, -0.15) is 5.10 Å². The Kier molecular flexibility index (Phi) is 3.63. The third-order valence-electron chi connectivity index (χ3n) is 4.03. The number of aliphatic hydroxyl groups is 1. The summed E-state index contributed by atoms with van der Waals surface area (Å²) in [6, 6.07) is 16.0. The van der Waals surface area contributed by atoms with Crippen LogP contribution in [0, 0.1) is 5.82 Å². The number of aromatic nitrogens is 2. The number of halogens is 1. The molecule has 0 fully saturated rings. The molecule has 24 heavy (non-hydrogen) atoms. The van der Waals surface area contributed by atoms with E-state index in [0.717, 1.165) is 22.0 Å². The van der Waals surface area contributed by atoms with Gasteiger partial charge < -0.3 is 9.52 Å². The van der Waals surface area contributed by atoms with Crippen molar-refractivity contribution in [2.75, 3.05) is 0 Å². The van der Waals surface area contributed by atoms with Crippen LogP contribution in [0.25, 0.3) is 22.4 Å². The molecule has 0 amide bonds. The molecule has 0 aliphatic heterocycles. The Balaban J connectivity index is 1.80. The number of hydrogen-bond donors (Lipinski definition) is 2. The molecule has 0 atom stereocenters. The van der Waals surface area contributed by atoms with Gasteiger partial charge in [-0.05, 0) is 47.9 Å². The number of fused-ring (bicyclic) bond motifs is 1. The van der Waals surface area contributed by atoms with Crippen molar-refractivity contribution in [1.29, 1.82) is 0 Å². The van der Waals surface area contributed by atoms with Crippen molar-refractivity contribution in [1.82, 2.24) is 10.2 Å². The lowest BCUT2D eigenvalue weighted by Gasteiger charge is -2.05. The summed E-state index contributed by atoms with van der Waals surface area (Å²) in [5.74, 6) is 0.863. The molecule has 0 saturated heterocycles. The van der Waals surface area contributed by atoms with Gasteiger partial charge in [0, 0.05) is 5.39 Å². The number of nitrogens with one attached hydrogen (secondary N) is 1. The second-order valence-corrected chi connectivity index (χ2v) is 5.64. The van der Waals surface area contributed by atoms with Crippen molar-refractivity contribution < 1.29 is 13.9 Å². The van der Waals surface area contributed by atoms with Crippen molar-refractivity contribution >= 4 is 10.9 Å². The Hall–Kier alpha value is -2.92. The van der Waals surface area contributed by atoms with Gasteiger partial charge >= 0.3 is 0 Å². The van der Waals surface area contributed by atoms with Crippen LogP contribution in [0.2, 0.25) is 0 Å². The van der Waals surface area contributed by atoms with Crippen molar-refractivity contribution in [2.24, 2.45) is 0 Å². The minimum absolute atomic E-state index is 0.148. The lowest BCUT2D eigenvalue weighted by Crippen LogP contribution is -1.90. The molecule has 2 aromatic heterocycles. The van der Waals surface area contributed by atoms with Crippen LogP contribution in [-0.2, 0) is 13.0 Å². The lowest BCUT2D eigenvalue weighted by molar-refractivity contribution is 0.248. The molecule has 5 heteroatoms. The maximum Gasteiger partial charge on any atom is 0.155 e. The molecule has 2 heterocycles. The van der Waals surface area contributed by atoms with Gasteiger partial charge in [0.05, 0.1) is 5.52 Å². The number of rotatable bonds is 4. The van der Waals surface area contributed by atoms with Gasteiger partial charge in [0.1, 0.15) is 23.9 Å². The highest BCUT2D eigenvalue weighted by molar-refractivity contribution is 5.94. The summed E-state index contributed by atoms with van der Waals surface area (Å²) in [5, 5.41) is 17.5. The molecular weight excluding hydrogens is 307 g/mol. The molecule has 0 radical (unpaired) electrons. The average molecular weight is 322 g/mol. The van der Waals surface area contributed by atoms with Crippen LogP contribution in [0.5, 0.6) is 0 Å². The summed E-state index contributed by atoms with van der Waals surface area (Å²) in [6.45, 7) is -0.148. The van der Waals surface area contributed by atoms with Crippen LogP contribution < -0.4 is 0 Å². The summed E-state index contributed by atoms with van der Waals surface area (Å²) in [7, 11) is 0. The minimum atomic E-state index is -0.243. The zero-order valence-electron chi connectivity index (χ0n) is 12.8. The minimum Gasteiger partial charge on any atom is -0.457 e. The predicted molar refractivity (Wildman–Crippen MR) is 88.9 cm³/mol. The standard InChI is InChI=1S/C19H15FN2O2/c20-14-6-4-12(5-7-14)10-13-2-1-3-16-18(13)19(22-21-16)17-9-8-15(11-23)24-17/h1-9,23H,10-11H2,(H,21,22). The molecule has 0 saturated carbocycles. The molecule has 120 valence electrons. The molecule has 0 aliphatic carbocycles. The van der Waals surface area contributed by atoms with Crippen molar-refractivity contribution in [3.05, 3.63) is 77.3 Å². The Morgan fingerprint density at radius 1 is 1.04 bits per heavy atom. The number of aromatic amines is 1. The first-order chi connectivity index (χ1) is 11.7. The maximum absolute atomic E-state index is 13.1. The second-order valence-electron chi connectivity index (χ2n) is 5.64. The first-order valence-corrected chi connectivity index (χ1v) is 7.65. The molecule has 2 N–H and O–H groups in total. The quantitative estimate of drug-likeness (QED) is 0.596. The van der Waals surface area contributed by atoms with E-state index in [1.165, 1.54) is 12.1 Å². The SMILES string of the molecule is OCc1ccc(-c2n[nH]c3cccc(Cc4ccc(F)cc4)c23)o1. The molecule has 2 aromatic carbocycles. The van der Waals surface area contributed by atoms with Crippen LogP contribution >= 0.6 is 0 Å². The van der Waals surface area contributed by atoms with Gasteiger partial charge in [-0.15, -0.1) is 0 Å². The fourth-order valence-corrected chi connectivity index (χ4v) is 2.88. The lowest BCUT2D eigenvalue weighted by atomic mass is 9.99. The Labute approximate surface area is 137 Å². The van der Waals surface area contributed by atoms with Crippen molar-refractivity contribution in [3.8, 4) is 11.5 Å². The monoisotopic (exact) mass is 322 g/mol. The van der Waals surface area contributed by atoms with Gasteiger partial charge in [-0.25, -0.2) is 4.39 Å². The Morgan fingerprint density at radius 2 is 1.88 bits per heavy atom. The largest absolute Gasteiger partial charge is 0.457 e. The van der Waals surface area contributed by atoms with E-state index in [9.17, 15) is 9.50 Å². The number of H-pyrrole nitrogens is 1. The predicted octanol–water partition coefficient (Wildman–Crippen LogP) is 4.05. The molecule has 4 aromatic rings. The molecule has 4 rings (SSSR count). The summed E-state index contributed by atoms with van der Waals surface area (Å²) in [5.41, 5.74) is 3.71. The van der Waals surface area contributed by atoms with E-state index < -0.39 is 0 Å². The highest BCUT2D eigenvalue weighted by Gasteiger charge is 2.15. The highest BCUT2D eigenvalue weighted by atomic mass is 19.1. The van der Waals surface area contributed by atoms with Gasteiger partial charge in [-0.1, -0.05) is 24.3 Å². The number of hydrogen-bond acceptors (Lipinski definition) is 3. The molecule has 0 bridgehead atoms. The Bertz CT molecular complexity index is 986. The third-order valence-corrected chi connectivity index (χ3v) is 4.03. The molecular formula is C19H15FN2O2. The number of nitrogens with zero attached hydrogens (tertiary/aromatic N) is 1. The van der Waals surface area contributed by atoms with E-state index in [1.807, 2.05) is 18.2 Å². The van der Waals surface area contributed by atoms with Crippen molar-refractivity contribution in [3.63, 3.8) is 0 Å². The van der Waals surface area contributed by atoms with Gasteiger partial charge in [0.15, 0.2) is 5.76 Å². The topological polar surface area (TPSA) is 62.1 Å². The van der Waals surface area contributed by atoms with Crippen LogP contribution in [0.1, 0.15) is 16.9 Å². The number of benzene rings is 2. The smallest absolute Gasteiger partial charge is 0.155 e. The van der Waals surface area contributed by atoms with E-state index in [0.29, 0.717) is 23.6 Å².